The minimum Gasteiger partial charge on any atom is -0.310 e. The van der Waals surface area contributed by atoms with Gasteiger partial charge in [-0.2, -0.15) is 0 Å². The third kappa shape index (κ3) is 1.75. The molecule has 1 aliphatic carbocycles. The molecule has 1 fully saturated rings. The van der Waals surface area contributed by atoms with Gasteiger partial charge < -0.3 is 5.32 Å². The van der Waals surface area contributed by atoms with Gasteiger partial charge in [-0.15, -0.1) is 0 Å². The Kier molecular flexibility index (Phi) is 2.66. The number of hydrogen-bond donors (Lipinski definition) is 1. The summed E-state index contributed by atoms with van der Waals surface area (Å²) in [5, 5.41) is 4.40. The van der Waals surface area contributed by atoms with Crippen LogP contribution < -0.4 is 5.32 Å². The van der Waals surface area contributed by atoms with Crippen molar-refractivity contribution >= 4 is 28.8 Å². The van der Waals surface area contributed by atoms with E-state index in [0.717, 1.165) is 24.4 Å². The van der Waals surface area contributed by atoms with Crippen LogP contribution in [0.1, 0.15) is 18.4 Å². The van der Waals surface area contributed by atoms with E-state index in [4.69, 9.17) is 23.2 Å². The van der Waals surface area contributed by atoms with E-state index in [1.165, 1.54) is 12.0 Å². The summed E-state index contributed by atoms with van der Waals surface area (Å²) in [5.74, 6) is 0.754. The molecule has 0 amide bonds. The number of halogens is 2. The van der Waals surface area contributed by atoms with Crippen LogP contribution in [-0.4, -0.2) is 17.6 Å². The van der Waals surface area contributed by atoms with Crippen molar-refractivity contribution in [3.8, 4) is 0 Å². The molecule has 84 valence electrons. The van der Waals surface area contributed by atoms with E-state index in [9.17, 15) is 0 Å². The van der Waals surface area contributed by atoms with E-state index < -0.39 is 0 Å². The van der Waals surface area contributed by atoms with Crippen molar-refractivity contribution in [3.63, 3.8) is 0 Å². The molecule has 0 unspecified atom stereocenters. The summed E-state index contributed by atoms with van der Waals surface area (Å²) in [5.41, 5.74) is 2.44. The SMILES string of the molecule is Clc1cc(C2=C[C@@H]3NCC[C@@H]3C2)cnc1Cl. The topological polar surface area (TPSA) is 24.9 Å². The van der Waals surface area contributed by atoms with Crippen molar-refractivity contribution in [3.05, 3.63) is 34.1 Å². The number of pyridine rings is 1. The zero-order valence-electron chi connectivity index (χ0n) is 8.71. The highest BCUT2D eigenvalue weighted by molar-refractivity contribution is 6.41. The second-order valence-corrected chi connectivity index (χ2v) is 5.19. The van der Waals surface area contributed by atoms with Gasteiger partial charge in [0.05, 0.1) is 5.02 Å². The molecule has 2 heterocycles. The number of hydrogen-bond acceptors (Lipinski definition) is 2. The van der Waals surface area contributed by atoms with E-state index in [-0.39, 0.29) is 0 Å². The molecule has 2 nitrogen and oxygen atoms in total. The van der Waals surface area contributed by atoms with Gasteiger partial charge in [0.15, 0.2) is 0 Å². The van der Waals surface area contributed by atoms with Crippen LogP contribution in [0.2, 0.25) is 10.2 Å². The van der Waals surface area contributed by atoms with Gasteiger partial charge in [0.25, 0.3) is 0 Å². The Hall–Kier alpha value is -0.570. The third-order valence-electron chi connectivity index (χ3n) is 3.43. The van der Waals surface area contributed by atoms with Crippen LogP contribution in [0.25, 0.3) is 5.57 Å². The number of fused-ring (bicyclic) bond motifs is 1. The molecule has 0 radical (unpaired) electrons. The first kappa shape index (κ1) is 10.6. The van der Waals surface area contributed by atoms with Crippen LogP contribution in [0.5, 0.6) is 0 Å². The molecule has 1 aromatic rings. The van der Waals surface area contributed by atoms with Crippen molar-refractivity contribution in [1.82, 2.24) is 10.3 Å². The van der Waals surface area contributed by atoms with E-state index in [1.54, 1.807) is 6.20 Å². The highest BCUT2D eigenvalue weighted by atomic mass is 35.5. The lowest BCUT2D eigenvalue weighted by Crippen LogP contribution is -2.20. The van der Waals surface area contributed by atoms with E-state index >= 15 is 0 Å². The fourth-order valence-corrected chi connectivity index (χ4v) is 2.85. The maximum absolute atomic E-state index is 5.98. The molecule has 1 saturated heterocycles. The van der Waals surface area contributed by atoms with Crippen LogP contribution in [0.3, 0.4) is 0 Å². The predicted molar refractivity (Wildman–Crippen MR) is 66.7 cm³/mol. The molecular formula is C12H12Cl2N2. The molecule has 0 spiro atoms. The quantitative estimate of drug-likeness (QED) is 0.780. The average Bonchev–Trinajstić information content (AvgIpc) is 2.81. The monoisotopic (exact) mass is 254 g/mol. The molecule has 2 aliphatic rings. The Bertz CT molecular complexity index is 456. The number of aromatic nitrogens is 1. The number of nitrogens with one attached hydrogen (secondary N) is 1. The van der Waals surface area contributed by atoms with E-state index in [2.05, 4.69) is 16.4 Å². The maximum Gasteiger partial charge on any atom is 0.147 e. The van der Waals surface area contributed by atoms with E-state index in [1.807, 2.05) is 6.07 Å². The summed E-state index contributed by atoms with van der Waals surface area (Å²) >= 11 is 11.8. The Morgan fingerprint density at radius 2 is 2.25 bits per heavy atom. The Morgan fingerprint density at radius 1 is 1.38 bits per heavy atom. The minimum atomic E-state index is 0.377. The predicted octanol–water partition coefficient (Wildman–Crippen LogP) is 3.15. The van der Waals surface area contributed by atoms with Crippen molar-refractivity contribution in [2.75, 3.05) is 6.54 Å². The fourth-order valence-electron chi connectivity index (χ4n) is 2.58. The summed E-state index contributed by atoms with van der Waals surface area (Å²) in [7, 11) is 0. The molecule has 3 rings (SSSR count). The van der Waals surface area contributed by atoms with Crippen LogP contribution in [-0.2, 0) is 0 Å². The summed E-state index contributed by atoms with van der Waals surface area (Å²) in [6.07, 6.45) is 6.50. The summed E-state index contributed by atoms with van der Waals surface area (Å²) in [4.78, 5) is 4.09. The molecule has 2 atom stereocenters. The fraction of sp³-hybridized carbons (Fsp3) is 0.417. The summed E-state index contributed by atoms with van der Waals surface area (Å²) in [6, 6.07) is 2.45. The van der Waals surface area contributed by atoms with Gasteiger partial charge in [-0.3, -0.25) is 0 Å². The average molecular weight is 255 g/mol. The number of allylic oxidation sites excluding steroid dienone is 1. The number of nitrogens with zero attached hydrogens (tertiary/aromatic N) is 1. The van der Waals surface area contributed by atoms with Crippen molar-refractivity contribution in [2.45, 2.75) is 18.9 Å². The molecule has 0 saturated carbocycles. The molecule has 1 aliphatic heterocycles. The van der Waals surface area contributed by atoms with Gasteiger partial charge in [0.2, 0.25) is 0 Å². The van der Waals surface area contributed by atoms with Crippen molar-refractivity contribution in [2.24, 2.45) is 5.92 Å². The summed E-state index contributed by atoms with van der Waals surface area (Å²) in [6.45, 7) is 1.14. The first-order valence-corrected chi connectivity index (χ1v) is 6.25. The smallest absolute Gasteiger partial charge is 0.147 e. The zero-order chi connectivity index (χ0) is 11.1. The minimum absolute atomic E-state index is 0.377. The normalized spacial score (nSPS) is 28.0. The molecule has 1 N–H and O–H groups in total. The molecular weight excluding hydrogens is 243 g/mol. The Morgan fingerprint density at radius 3 is 3.00 bits per heavy atom. The maximum atomic E-state index is 5.98. The highest BCUT2D eigenvalue weighted by Gasteiger charge is 2.31. The molecule has 4 heteroatoms. The second-order valence-electron chi connectivity index (χ2n) is 4.42. The lowest BCUT2D eigenvalue weighted by molar-refractivity contribution is 0.553. The van der Waals surface area contributed by atoms with Gasteiger partial charge >= 0.3 is 0 Å². The number of rotatable bonds is 1. The Balaban J connectivity index is 1.90. The van der Waals surface area contributed by atoms with Gasteiger partial charge in [-0.25, -0.2) is 4.98 Å². The van der Waals surface area contributed by atoms with Crippen molar-refractivity contribution in [1.29, 1.82) is 0 Å². The van der Waals surface area contributed by atoms with Crippen molar-refractivity contribution < 1.29 is 0 Å². The van der Waals surface area contributed by atoms with Gasteiger partial charge in [-0.1, -0.05) is 29.3 Å². The Labute approximate surface area is 105 Å². The lowest BCUT2D eigenvalue weighted by atomic mass is 10.00. The van der Waals surface area contributed by atoms with Gasteiger partial charge in [-0.05, 0) is 42.5 Å². The molecule has 16 heavy (non-hydrogen) atoms. The second kappa shape index (κ2) is 4.02. The van der Waals surface area contributed by atoms with Crippen LogP contribution in [0.4, 0.5) is 0 Å². The third-order valence-corrected chi connectivity index (χ3v) is 4.12. The van der Waals surface area contributed by atoms with Gasteiger partial charge in [0, 0.05) is 12.2 Å². The van der Waals surface area contributed by atoms with Crippen LogP contribution in [0, 0.1) is 5.92 Å². The molecule has 0 aromatic carbocycles. The molecule has 0 bridgehead atoms. The van der Waals surface area contributed by atoms with Crippen LogP contribution >= 0.6 is 23.2 Å². The highest BCUT2D eigenvalue weighted by Crippen LogP contribution is 2.37. The largest absolute Gasteiger partial charge is 0.310 e. The summed E-state index contributed by atoms with van der Waals surface area (Å²) < 4.78 is 0. The lowest BCUT2D eigenvalue weighted by Gasteiger charge is -2.06. The first-order chi connectivity index (χ1) is 7.74. The first-order valence-electron chi connectivity index (χ1n) is 5.49. The zero-order valence-corrected chi connectivity index (χ0v) is 10.2. The standard InChI is InChI=1S/C12H12Cl2N2/c13-10-4-9(6-16-12(10)14)8-3-7-1-2-15-11(7)5-8/h4-7,11,15H,1-3H2/t7-,11+/m1/s1. The van der Waals surface area contributed by atoms with Crippen LogP contribution in [0.15, 0.2) is 18.3 Å². The van der Waals surface area contributed by atoms with E-state index in [0.29, 0.717) is 16.2 Å². The molecule has 1 aromatic heterocycles. The van der Waals surface area contributed by atoms with Gasteiger partial charge in [0.1, 0.15) is 5.15 Å².